The summed E-state index contributed by atoms with van der Waals surface area (Å²) >= 11 is 6.08. The molecular formula is C18H28ClN3O3S. The van der Waals surface area contributed by atoms with Crippen LogP contribution in [0.3, 0.4) is 0 Å². The molecular weight excluding hydrogens is 374 g/mol. The molecule has 0 aliphatic carbocycles. The number of aryl methyl sites for hydroxylation is 1. The molecule has 1 aliphatic rings. The molecule has 1 saturated heterocycles. The van der Waals surface area contributed by atoms with Crippen LogP contribution in [0.4, 0.5) is 5.69 Å². The molecule has 0 spiro atoms. The third-order valence-corrected chi connectivity index (χ3v) is 6.20. The Morgan fingerprint density at radius 1 is 1.38 bits per heavy atom. The fraction of sp³-hybridized carbons (Fsp3) is 0.611. The van der Waals surface area contributed by atoms with E-state index >= 15 is 0 Å². The predicted molar refractivity (Wildman–Crippen MR) is 106 cm³/mol. The van der Waals surface area contributed by atoms with Crippen LogP contribution in [0.2, 0.25) is 5.02 Å². The maximum Gasteiger partial charge on any atom is 0.244 e. The summed E-state index contributed by atoms with van der Waals surface area (Å²) in [5.41, 5.74) is 1.20. The number of benzene rings is 1. The van der Waals surface area contributed by atoms with Crippen LogP contribution in [-0.4, -0.2) is 57.7 Å². The summed E-state index contributed by atoms with van der Waals surface area (Å²) < 4.78 is 26.3. The lowest BCUT2D eigenvalue weighted by Gasteiger charge is -2.34. The number of rotatable bonds is 6. The molecule has 1 amide bonds. The van der Waals surface area contributed by atoms with E-state index in [4.69, 9.17) is 11.6 Å². The largest absolute Gasteiger partial charge is 0.351 e. The molecule has 2 rings (SSSR count). The smallest absolute Gasteiger partial charge is 0.244 e. The van der Waals surface area contributed by atoms with E-state index in [2.05, 4.69) is 17.3 Å². The lowest BCUT2D eigenvalue weighted by molar-refractivity contribution is -0.123. The molecule has 1 heterocycles. The van der Waals surface area contributed by atoms with Crippen LogP contribution in [-0.2, 0) is 14.8 Å². The first-order chi connectivity index (χ1) is 12.1. The standard InChI is InChI=1S/C18H28ClN3O3S/c1-5-16(18(23)20-15-8-10-21(3)11-9-15)22(26(4,24)25)17-12-14(19)7-6-13(17)2/h6-7,12,15-16H,5,8-11H2,1-4H3,(H,20,23)/t16-/m0/s1. The van der Waals surface area contributed by atoms with Crippen LogP contribution in [0.15, 0.2) is 18.2 Å². The molecule has 1 aliphatic heterocycles. The second-order valence-corrected chi connectivity index (χ2v) is 9.30. The molecule has 0 radical (unpaired) electrons. The number of hydrogen-bond acceptors (Lipinski definition) is 4. The number of carbonyl (C=O) groups excluding carboxylic acids is 1. The normalized spacial score (nSPS) is 17.7. The summed E-state index contributed by atoms with van der Waals surface area (Å²) in [4.78, 5) is 15.1. The van der Waals surface area contributed by atoms with Crippen molar-refractivity contribution < 1.29 is 13.2 Å². The number of anilines is 1. The monoisotopic (exact) mass is 401 g/mol. The Morgan fingerprint density at radius 2 is 2.00 bits per heavy atom. The Hall–Kier alpha value is -1.31. The molecule has 26 heavy (non-hydrogen) atoms. The van der Waals surface area contributed by atoms with Crippen molar-refractivity contribution in [3.05, 3.63) is 28.8 Å². The minimum absolute atomic E-state index is 0.0784. The van der Waals surface area contributed by atoms with E-state index in [1.165, 1.54) is 4.31 Å². The van der Waals surface area contributed by atoms with Gasteiger partial charge in [-0.15, -0.1) is 0 Å². The number of carbonyl (C=O) groups is 1. The van der Waals surface area contributed by atoms with Crippen LogP contribution in [0.5, 0.6) is 0 Å². The van der Waals surface area contributed by atoms with Crippen LogP contribution >= 0.6 is 11.6 Å². The lowest BCUT2D eigenvalue weighted by Crippen LogP contribution is -2.53. The van der Waals surface area contributed by atoms with Crippen LogP contribution in [0.25, 0.3) is 0 Å². The number of nitrogens with zero attached hydrogens (tertiary/aromatic N) is 2. The van der Waals surface area contributed by atoms with Crippen LogP contribution in [0, 0.1) is 6.92 Å². The zero-order valence-corrected chi connectivity index (χ0v) is 17.4. The van der Waals surface area contributed by atoms with E-state index in [1.54, 1.807) is 18.2 Å². The van der Waals surface area contributed by atoms with E-state index in [1.807, 2.05) is 13.8 Å². The number of sulfonamides is 1. The van der Waals surface area contributed by atoms with E-state index in [-0.39, 0.29) is 11.9 Å². The first-order valence-electron chi connectivity index (χ1n) is 8.88. The van der Waals surface area contributed by atoms with Gasteiger partial charge in [-0.25, -0.2) is 8.42 Å². The first-order valence-corrected chi connectivity index (χ1v) is 11.1. The van der Waals surface area contributed by atoms with Gasteiger partial charge in [0.25, 0.3) is 0 Å². The van der Waals surface area contributed by atoms with Crippen molar-refractivity contribution in [3.63, 3.8) is 0 Å². The number of halogens is 1. The molecule has 0 saturated carbocycles. The summed E-state index contributed by atoms with van der Waals surface area (Å²) in [6, 6.07) is 4.35. The molecule has 1 fully saturated rings. The first kappa shape index (κ1) is 21.0. The molecule has 8 heteroatoms. The average Bonchev–Trinajstić information content (AvgIpc) is 2.56. The highest BCUT2D eigenvalue weighted by Gasteiger charge is 2.33. The summed E-state index contributed by atoms with van der Waals surface area (Å²) in [6.45, 7) is 5.47. The van der Waals surface area contributed by atoms with E-state index in [0.29, 0.717) is 17.1 Å². The Bertz CT molecular complexity index is 746. The Kier molecular flexibility index (Phi) is 6.93. The Balaban J connectivity index is 2.30. The zero-order chi connectivity index (χ0) is 19.5. The second kappa shape index (κ2) is 8.59. The predicted octanol–water partition coefficient (Wildman–Crippen LogP) is 2.40. The fourth-order valence-electron chi connectivity index (χ4n) is 3.31. The summed E-state index contributed by atoms with van der Waals surface area (Å²) in [6.07, 6.45) is 3.23. The van der Waals surface area contributed by atoms with Crippen molar-refractivity contribution in [2.24, 2.45) is 0 Å². The quantitative estimate of drug-likeness (QED) is 0.794. The Labute approximate surface area is 161 Å². The van der Waals surface area contributed by atoms with Gasteiger partial charge in [0.05, 0.1) is 11.9 Å². The summed E-state index contributed by atoms with van der Waals surface area (Å²) in [5.74, 6) is -0.258. The second-order valence-electron chi connectivity index (χ2n) is 7.00. The zero-order valence-electron chi connectivity index (χ0n) is 15.8. The van der Waals surface area contributed by atoms with Gasteiger partial charge in [0.2, 0.25) is 15.9 Å². The highest BCUT2D eigenvalue weighted by atomic mass is 35.5. The van der Waals surface area contributed by atoms with Gasteiger partial charge < -0.3 is 10.2 Å². The Morgan fingerprint density at radius 3 is 2.54 bits per heavy atom. The van der Waals surface area contributed by atoms with Crippen molar-refractivity contribution in [1.82, 2.24) is 10.2 Å². The number of piperidine rings is 1. The van der Waals surface area contributed by atoms with Gasteiger partial charge in [0.1, 0.15) is 6.04 Å². The van der Waals surface area contributed by atoms with Gasteiger partial charge in [-0.05, 0) is 64.0 Å². The fourth-order valence-corrected chi connectivity index (χ4v) is 4.73. The molecule has 0 bridgehead atoms. The lowest BCUT2D eigenvalue weighted by atomic mass is 10.0. The highest BCUT2D eigenvalue weighted by molar-refractivity contribution is 7.92. The van der Waals surface area contributed by atoms with Gasteiger partial charge in [0.15, 0.2) is 0 Å². The van der Waals surface area contributed by atoms with Gasteiger partial charge in [-0.2, -0.15) is 0 Å². The number of hydrogen-bond donors (Lipinski definition) is 1. The molecule has 1 atom stereocenters. The van der Waals surface area contributed by atoms with Crippen molar-refractivity contribution in [2.45, 2.75) is 45.2 Å². The maximum atomic E-state index is 12.9. The van der Waals surface area contributed by atoms with Crippen LogP contribution < -0.4 is 9.62 Å². The van der Waals surface area contributed by atoms with Gasteiger partial charge in [-0.3, -0.25) is 9.10 Å². The van der Waals surface area contributed by atoms with Crippen molar-refractivity contribution >= 4 is 33.2 Å². The maximum absolute atomic E-state index is 12.9. The SMILES string of the molecule is CC[C@@H](C(=O)NC1CCN(C)CC1)N(c1cc(Cl)ccc1C)S(C)(=O)=O. The molecule has 146 valence electrons. The summed E-state index contributed by atoms with van der Waals surface area (Å²) in [5, 5.41) is 3.48. The van der Waals surface area contributed by atoms with Gasteiger partial charge >= 0.3 is 0 Å². The van der Waals surface area contributed by atoms with Crippen molar-refractivity contribution in [2.75, 3.05) is 30.7 Å². The molecule has 1 N–H and O–H groups in total. The molecule has 1 aromatic carbocycles. The third kappa shape index (κ3) is 5.11. The van der Waals surface area contributed by atoms with Crippen molar-refractivity contribution in [3.8, 4) is 0 Å². The minimum atomic E-state index is -3.66. The van der Waals surface area contributed by atoms with Gasteiger partial charge in [0, 0.05) is 11.1 Å². The molecule has 1 aromatic rings. The third-order valence-electron chi connectivity index (χ3n) is 4.80. The molecule has 0 aromatic heterocycles. The number of nitrogens with one attached hydrogen (secondary N) is 1. The van der Waals surface area contributed by atoms with E-state index in [0.717, 1.165) is 37.8 Å². The average molecular weight is 402 g/mol. The van der Waals surface area contributed by atoms with Crippen LogP contribution in [0.1, 0.15) is 31.7 Å². The molecule has 0 unspecified atom stereocenters. The summed E-state index contributed by atoms with van der Waals surface area (Å²) in [7, 11) is -1.60. The van der Waals surface area contributed by atoms with Gasteiger partial charge in [-0.1, -0.05) is 24.6 Å². The topological polar surface area (TPSA) is 69.7 Å². The van der Waals surface area contributed by atoms with Crippen molar-refractivity contribution in [1.29, 1.82) is 0 Å². The highest BCUT2D eigenvalue weighted by Crippen LogP contribution is 2.29. The number of amides is 1. The minimum Gasteiger partial charge on any atom is -0.351 e. The molecule has 6 nitrogen and oxygen atoms in total. The van der Waals surface area contributed by atoms with E-state index < -0.39 is 16.1 Å². The van der Waals surface area contributed by atoms with E-state index in [9.17, 15) is 13.2 Å². The number of likely N-dealkylation sites (tertiary alicyclic amines) is 1.